The van der Waals surface area contributed by atoms with Gasteiger partial charge in [0.15, 0.2) is 5.82 Å². The van der Waals surface area contributed by atoms with Crippen molar-refractivity contribution in [3.05, 3.63) is 65.7 Å². The fraction of sp³-hybridized carbons (Fsp3) is 0.625. The maximum absolute atomic E-state index is 14.2. The second-order valence-corrected chi connectivity index (χ2v) is 22.7. The van der Waals surface area contributed by atoms with E-state index in [0.29, 0.717) is 34.8 Å². The van der Waals surface area contributed by atoms with Gasteiger partial charge in [-0.1, -0.05) is 51.0 Å². The number of carbonyl (C=O) groups is 3. The first kappa shape index (κ1) is 50.7. The van der Waals surface area contributed by atoms with Crippen LogP contribution in [0.4, 0.5) is 11.5 Å². The molecule has 9 rings (SSSR count). The number of benzene rings is 2. The maximum atomic E-state index is 14.2. The number of piperidine rings is 2. The zero-order chi connectivity index (χ0) is 49.9. The van der Waals surface area contributed by atoms with Crippen LogP contribution in [0.1, 0.15) is 109 Å². The number of aliphatic hydroxyl groups is 1. The average molecular weight is 971 g/mol. The SMILES string of the molecule is C#Cc1ccc(CNC(=O)[C@@H]2C[C@@H](O)CN2C(=O)[C@@H](NC(=O)C2CCC3(CC2)CC(N2CCC(N4CCC(N5CCN(c6cc(-c7ccccc7O)nnc6NCC)CC5)CC4)CC2)C3)C(C)(C)C)cc1. The zero-order valence-corrected chi connectivity index (χ0v) is 42.6. The fourth-order valence-electron chi connectivity index (χ4n) is 12.8. The topological polar surface area (TPSA) is 170 Å². The van der Waals surface area contributed by atoms with Crippen molar-refractivity contribution < 1.29 is 24.6 Å². The Balaban J connectivity index is 0.688. The molecule has 15 nitrogen and oxygen atoms in total. The summed E-state index contributed by atoms with van der Waals surface area (Å²) in [4.78, 5) is 53.8. The summed E-state index contributed by atoms with van der Waals surface area (Å²) >= 11 is 0. The zero-order valence-electron chi connectivity index (χ0n) is 42.6. The number of amides is 3. The second-order valence-electron chi connectivity index (χ2n) is 22.7. The average Bonchev–Trinajstić information content (AvgIpc) is 3.78. The minimum atomic E-state index is -0.825. The van der Waals surface area contributed by atoms with Gasteiger partial charge in [-0.3, -0.25) is 19.3 Å². The number of likely N-dealkylation sites (tertiary alicyclic amines) is 3. The van der Waals surface area contributed by atoms with Crippen LogP contribution >= 0.6 is 0 Å². The number of carbonyl (C=O) groups excluding carboxylic acids is 3. The van der Waals surface area contributed by atoms with Crippen molar-refractivity contribution in [1.82, 2.24) is 40.4 Å². The number of rotatable bonds is 13. The van der Waals surface area contributed by atoms with E-state index in [9.17, 15) is 24.6 Å². The third kappa shape index (κ3) is 11.5. The quantitative estimate of drug-likeness (QED) is 0.138. The van der Waals surface area contributed by atoms with Crippen LogP contribution in [0.2, 0.25) is 0 Å². The third-order valence-corrected chi connectivity index (χ3v) is 17.1. The molecule has 1 aromatic heterocycles. The standard InChI is InChI=1S/C56H78N10O5/c1-6-38-12-14-39(15-13-38)36-58-53(70)48-32-44(67)37-66(48)54(71)50(55(3,4)5)59-52(69)40-16-22-56(23-17-40)34-43(35-56)63-26-20-41(21-27-63)62-24-18-42(19-25-62)64-28-30-65(31-29-64)47-33-46(60-61-51(47)57-7-2)45-10-8-9-11-49(45)68/h1,8-15,33,40-44,48,50,67-68H,7,16-32,34-37H2,2-5H3,(H,57,61)(H,58,70)(H,59,69)/t40?,43?,44-,48+,50-,56?/m1/s1. The summed E-state index contributed by atoms with van der Waals surface area (Å²) in [7, 11) is 0. The van der Waals surface area contributed by atoms with E-state index in [1.165, 1.54) is 69.6 Å². The highest BCUT2D eigenvalue weighted by Gasteiger charge is 2.50. The fourth-order valence-corrected chi connectivity index (χ4v) is 12.8. The number of β-amino-alcohol motifs (C(OH)–C–C–N with tert-alkyl or cyclic N) is 1. The van der Waals surface area contributed by atoms with E-state index in [2.05, 4.69) is 64.7 Å². The first-order valence-corrected chi connectivity index (χ1v) is 26.7. The molecule has 5 heterocycles. The molecule has 2 saturated carbocycles. The van der Waals surface area contributed by atoms with Gasteiger partial charge in [-0.25, -0.2) is 0 Å². The molecule has 3 atom stereocenters. The summed E-state index contributed by atoms with van der Waals surface area (Å²) in [5, 5.41) is 39.6. The molecule has 15 heteroatoms. The number of phenols is 1. The Bertz CT molecular complexity index is 2360. The van der Waals surface area contributed by atoms with Crippen molar-refractivity contribution in [3.8, 4) is 29.4 Å². The molecule has 382 valence electrons. The van der Waals surface area contributed by atoms with Gasteiger partial charge in [-0.2, -0.15) is 0 Å². The van der Waals surface area contributed by atoms with Crippen molar-refractivity contribution in [2.75, 3.05) is 75.7 Å². The number of terminal acetylenes is 1. The third-order valence-electron chi connectivity index (χ3n) is 17.1. The van der Waals surface area contributed by atoms with Crippen LogP contribution in [-0.2, 0) is 20.9 Å². The molecule has 71 heavy (non-hydrogen) atoms. The summed E-state index contributed by atoms with van der Waals surface area (Å²) in [6.45, 7) is 17.6. The number of aromatic nitrogens is 2. The number of anilines is 2. The molecule has 0 bridgehead atoms. The van der Waals surface area contributed by atoms with Crippen LogP contribution in [0, 0.1) is 29.1 Å². The number of nitrogens with one attached hydrogen (secondary N) is 3. The van der Waals surface area contributed by atoms with Gasteiger partial charge in [-0.15, -0.1) is 16.6 Å². The lowest BCUT2D eigenvalue weighted by Crippen LogP contribution is -2.59. The number of hydrogen-bond acceptors (Lipinski definition) is 12. The lowest BCUT2D eigenvalue weighted by atomic mass is 9.56. The monoisotopic (exact) mass is 971 g/mol. The lowest BCUT2D eigenvalue weighted by Gasteiger charge is -2.56. The Labute approximate surface area is 421 Å². The molecule has 6 aliphatic rings. The van der Waals surface area contributed by atoms with Gasteiger partial charge in [-0.05, 0) is 144 Å². The summed E-state index contributed by atoms with van der Waals surface area (Å²) in [5.41, 5.74) is 3.79. The number of aromatic hydroxyl groups is 1. The Hall–Kier alpha value is -5.27. The van der Waals surface area contributed by atoms with E-state index in [-0.39, 0.29) is 48.9 Å². The summed E-state index contributed by atoms with van der Waals surface area (Å²) < 4.78 is 0. The molecule has 1 spiro atoms. The van der Waals surface area contributed by atoms with Gasteiger partial charge < -0.3 is 45.8 Å². The molecule has 5 N–H and O–H groups in total. The highest BCUT2D eigenvalue weighted by Crippen LogP contribution is 2.55. The highest BCUT2D eigenvalue weighted by atomic mass is 16.3. The predicted octanol–water partition coefficient (Wildman–Crippen LogP) is 5.46. The number of para-hydroxylation sites is 1. The molecule has 4 saturated heterocycles. The lowest BCUT2D eigenvalue weighted by molar-refractivity contribution is -0.145. The van der Waals surface area contributed by atoms with E-state index in [1.54, 1.807) is 6.07 Å². The summed E-state index contributed by atoms with van der Waals surface area (Å²) in [6.07, 6.45) is 15.9. The normalized spacial score (nSPS) is 26.6. The van der Waals surface area contributed by atoms with Crippen molar-refractivity contribution in [1.29, 1.82) is 0 Å². The minimum absolute atomic E-state index is 0.0521. The van der Waals surface area contributed by atoms with E-state index in [1.807, 2.05) is 63.2 Å². The first-order chi connectivity index (χ1) is 34.2. The maximum Gasteiger partial charge on any atom is 0.246 e. The van der Waals surface area contributed by atoms with Crippen LogP contribution in [0.15, 0.2) is 54.6 Å². The smallest absolute Gasteiger partial charge is 0.246 e. The number of hydrogen-bond donors (Lipinski definition) is 5. The predicted molar refractivity (Wildman–Crippen MR) is 277 cm³/mol. The molecule has 6 fully saturated rings. The molecule has 2 aromatic carbocycles. The molecular weight excluding hydrogens is 893 g/mol. The van der Waals surface area contributed by atoms with Gasteiger partial charge in [0.1, 0.15) is 17.8 Å². The molecular formula is C56H78N10O5. The number of piperazine rings is 1. The molecule has 3 amide bonds. The Kier molecular flexibility index (Phi) is 15.6. The molecule has 3 aromatic rings. The van der Waals surface area contributed by atoms with Crippen molar-refractivity contribution >= 4 is 29.2 Å². The van der Waals surface area contributed by atoms with Crippen LogP contribution in [-0.4, -0.2) is 159 Å². The van der Waals surface area contributed by atoms with Crippen LogP contribution in [0.3, 0.4) is 0 Å². The van der Waals surface area contributed by atoms with Gasteiger partial charge >= 0.3 is 0 Å². The van der Waals surface area contributed by atoms with E-state index in [0.717, 1.165) is 81.0 Å². The Morgan fingerprint density at radius 3 is 2.04 bits per heavy atom. The van der Waals surface area contributed by atoms with E-state index < -0.39 is 23.6 Å². The van der Waals surface area contributed by atoms with Crippen LogP contribution in [0.5, 0.6) is 5.75 Å². The largest absolute Gasteiger partial charge is 0.507 e. The second kappa shape index (κ2) is 21.8. The van der Waals surface area contributed by atoms with Gasteiger partial charge in [0, 0.05) is 87.4 Å². The van der Waals surface area contributed by atoms with Gasteiger partial charge in [0.2, 0.25) is 17.7 Å². The minimum Gasteiger partial charge on any atom is -0.507 e. The van der Waals surface area contributed by atoms with Crippen LogP contribution in [0.25, 0.3) is 11.3 Å². The van der Waals surface area contributed by atoms with Gasteiger partial charge in [0.25, 0.3) is 0 Å². The van der Waals surface area contributed by atoms with E-state index in [4.69, 9.17) is 6.42 Å². The number of aliphatic hydroxyl groups excluding tert-OH is 1. The molecule has 0 unspecified atom stereocenters. The van der Waals surface area contributed by atoms with Gasteiger partial charge in [0.05, 0.1) is 17.5 Å². The molecule has 2 aliphatic carbocycles. The van der Waals surface area contributed by atoms with Crippen molar-refractivity contribution in [2.24, 2.45) is 16.7 Å². The molecule has 0 radical (unpaired) electrons. The number of phenolic OH excluding ortho intramolecular Hbond substituents is 1. The van der Waals surface area contributed by atoms with Crippen LogP contribution < -0.4 is 20.9 Å². The van der Waals surface area contributed by atoms with Crippen molar-refractivity contribution in [2.45, 2.75) is 141 Å². The highest BCUT2D eigenvalue weighted by molar-refractivity contribution is 5.93. The number of nitrogens with zero attached hydrogens (tertiary/aromatic N) is 7. The summed E-state index contributed by atoms with van der Waals surface area (Å²) in [6, 6.07) is 17.0. The van der Waals surface area contributed by atoms with Crippen molar-refractivity contribution in [3.63, 3.8) is 0 Å². The van der Waals surface area contributed by atoms with E-state index >= 15 is 0 Å². The summed E-state index contributed by atoms with van der Waals surface area (Å²) in [5.74, 6) is 2.74. The molecule has 4 aliphatic heterocycles. The first-order valence-electron chi connectivity index (χ1n) is 26.7. The Morgan fingerprint density at radius 2 is 1.44 bits per heavy atom. The Morgan fingerprint density at radius 1 is 0.817 bits per heavy atom.